The Morgan fingerprint density at radius 3 is 2.79 bits per heavy atom. The van der Waals surface area contributed by atoms with Gasteiger partial charge in [-0.2, -0.15) is 0 Å². The molecule has 1 aliphatic rings. The molecule has 1 aromatic rings. The Morgan fingerprint density at radius 1 is 1.36 bits per heavy atom. The Hall–Kier alpha value is -1.35. The fourth-order valence-electron chi connectivity index (χ4n) is 1.71. The van der Waals surface area contributed by atoms with Crippen LogP contribution in [0.3, 0.4) is 0 Å². The molecule has 0 saturated carbocycles. The van der Waals surface area contributed by atoms with Crippen molar-refractivity contribution in [2.45, 2.75) is 13.8 Å². The highest BCUT2D eigenvalue weighted by atomic mass is 16.2. The molecule has 0 atom stereocenters. The summed E-state index contributed by atoms with van der Waals surface area (Å²) < 4.78 is 0. The molecular weight excluding hydrogens is 176 g/mol. The topological polar surface area (TPSA) is 32.3 Å². The molecule has 1 fully saturated rings. The third-order valence-corrected chi connectivity index (χ3v) is 2.71. The summed E-state index contributed by atoms with van der Waals surface area (Å²) in [4.78, 5) is 13.3. The highest BCUT2D eigenvalue weighted by Gasteiger charge is 2.22. The van der Waals surface area contributed by atoms with Crippen molar-refractivity contribution in [2.75, 3.05) is 18.1 Å². The Labute approximate surface area is 83.7 Å². The van der Waals surface area contributed by atoms with Crippen molar-refractivity contribution in [2.24, 2.45) is 0 Å². The van der Waals surface area contributed by atoms with E-state index in [9.17, 15) is 4.79 Å². The molecule has 3 heteroatoms. The summed E-state index contributed by atoms with van der Waals surface area (Å²) in [5.74, 6) is 0.152. The minimum atomic E-state index is 0.152. The predicted octanol–water partition coefficient (Wildman–Crippen LogP) is 1.20. The minimum Gasteiger partial charge on any atom is -0.298 e. The van der Waals surface area contributed by atoms with E-state index in [0.717, 1.165) is 5.69 Å². The van der Waals surface area contributed by atoms with Gasteiger partial charge in [0, 0.05) is 5.69 Å². The molecule has 1 N–H and O–H groups in total. The van der Waals surface area contributed by atoms with Gasteiger partial charge in [0.25, 0.3) is 0 Å². The first kappa shape index (κ1) is 9.21. The molecule has 0 bridgehead atoms. The number of anilines is 1. The first-order valence-corrected chi connectivity index (χ1v) is 4.77. The predicted molar refractivity (Wildman–Crippen MR) is 56.3 cm³/mol. The largest absolute Gasteiger partial charge is 0.298 e. The van der Waals surface area contributed by atoms with E-state index in [1.807, 2.05) is 12.1 Å². The van der Waals surface area contributed by atoms with E-state index in [1.54, 1.807) is 4.90 Å². The van der Waals surface area contributed by atoms with Crippen molar-refractivity contribution in [3.8, 4) is 0 Å². The van der Waals surface area contributed by atoms with E-state index in [0.29, 0.717) is 13.2 Å². The lowest BCUT2D eigenvalue weighted by atomic mass is 10.1. The van der Waals surface area contributed by atoms with Gasteiger partial charge in [0.1, 0.15) is 0 Å². The first-order valence-electron chi connectivity index (χ1n) is 4.77. The number of aryl methyl sites for hydroxylation is 1. The van der Waals surface area contributed by atoms with Crippen molar-refractivity contribution in [1.82, 2.24) is 5.32 Å². The first-order chi connectivity index (χ1) is 6.70. The van der Waals surface area contributed by atoms with Gasteiger partial charge in [-0.25, -0.2) is 0 Å². The summed E-state index contributed by atoms with van der Waals surface area (Å²) in [5, 5.41) is 3.04. The lowest BCUT2D eigenvalue weighted by Crippen LogP contribution is -2.26. The Bertz CT molecular complexity index is 374. The van der Waals surface area contributed by atoms with E-state index in [2.05, 4.69) is 25.2 Å². The summed E-state index contributed by atoms with van der Waals surface area (Å²) in [7, 11) is 0. The number of carbonyl (C=O) groups excluding carboxylic acids is 1. The van der Waals surface area contributed by atoms with Gasteiger partial charge < -0.3 is 0 Å². The lowest BCUT2D eigenvalue weighted by molar-refractivity contribution is -0.116. The van der Waals surface area contributed by atoms with Crippen LogP contribution in [0.1, 0.15) is 11.1 Å². The van der Waals surface area contributed by atoms with Gasteiger partial charge in [-0.05, 0) is 31.0 Å². The normalized spacial score (nSPS) is 16.4. The third kappa shape index (κ3) is 1.40. The number of carbonyl (C=O) groups is 1. The molecule has 1 aromatic carbocycles. The second kappa shape index (κ2) is 3.42. The van der Waals surface area contributed by atoms with Crippen LogP contribution in [0.4, 0.5) is 5.69 Å². The number of amides is 1. The zero-order valence-electron chi connectivity index (χ0n) is 8.50. The van der Waals surface area contributed by atoms with Gasteiger partial charge in [-0.1, -0.05) is 12.1 Å². The lowest BCUT2D eigenvalue weighted by Gasteiger charge is -2.18. The minimum absolute atomic E-state index is 0.152. The van der Waals surface area contributed by atoms with Gasteiger partial charge >= 0.3 is 0 Å². The van der Waals surface area contributed by atoms with Crippen molar-refractivity contribution in [3.63, 3.8) is 0 Å². The Balaban J connectivity index is 2.41. The standard InChI is InChI=1S/C11H14N2O/c1-8-4-3-5-10(9(8)2)13-7-12-6-11(13)14/h3-5,12H,6-7H2,1-2H3. The van der Waals surface area contributed by atoms with Crippen LogP contribution in [0.15, 0.2) is 18.2 Å². The van der Waals surface area contributed by atoms with Gasteiger partial charge in [0.15, 0.2) is 0 Å². The molecule has 1 amide bonds. The fraction of sp³-hybridized carbons (Fsp3) is 0.364. The van der Waals surface area contributed by atoms with Crippen LogP contribution < -0.4 is 10.2 Å². The van der Waals surface area contributed by atoms with Crippen LogP contribution >= 0.6 is 0 Å². The number of rotatable bonds is 1. The van der Waals surface area contributed by atoms with Crippen LogP contribution in [0, 0.1) is 13.8 Å². The molecule has 74 valence electrons. The summed E-state index contributed by atoms with van der Waals surface area (Å²) in [6.45, 7) is 5.19. The van der Waals surface area contributed by atoms with Crippen molar-refractivity contribution < 1.29 is 4.79 Å². The molecule has 1 saturated heterocycles. The van der Waals surface area contributed by atoms with E-state index in [-0.39, 0.29) is 5.91 Å². The highest BCUT2D eigenvalue weighted by molar-refractivity contribution is 5.97. The summed E-state index contributed by atoms with van der Waals surface area (Å²) in [6.07, 6.45) is 0. The van der Waals surface area contributed by atoms with Crippen molar-refractivity contribution in [1.29, 1.82) is 0 Å². The van der Waals surface area contributed by atoms with E-state index in [4.69, 9.17) is 0 Å². The van der Waals surface area contributed by atoms with Crippen LogP contribution in [0.2, 0.25) is 0 Å². The summed E-state index contributed by atoms with van der Waals surface area (Å²) in [6, 6.07) is 6.04. The SMILES string of the molecule is Cc1cccc(N2CNCC2=O)c1C. The molecule has 3 nitrogen and oxygen atoms in total. The zero-order chi connectivity index (χ0) is 10.1. The number of nitrogens with zero attached hydrogens (tertiary/aromatic N) is 1. The van der Waals surface area contributed by atoms with Crippen LogP contribution in [0.5, 0.6) is 0 Å². The smallest absolute Gasteiger partial charge is 0.242 e. The second-order valence-electron chi connectivity index (χ2n) is 3.63. The highest BCUT2D eigenvalue weighted by Crippen LogP contribution is 2.23. The molecule has 0 aliphatic carbocycles. The van der Waals surface area contributed by atoms with E-state index >= 15 is 0 Å². The maximum Gasteiger partial charge on any atom is 0.242 e. The number of nitrogens with one attached hydrogen (secondary N) is 1. The number of benzene rings is 1. The summed E-state index contributed by atoms with van der Waals surface area (Å²) in [5.41, 5.74) is 3.44. The van der Waals surface area contributed by atoms with Crippen molar-refractivity contribution >= 4 is 11.6 Å². The van der Waals surface area contributed by atoms with Gasteiger partial charge in [-0.15, -0.1) is 0 Å². The average molecular weight is 190 g/mol. The molecule has 14 heavy (non-hydrogen) atoms. The maximum atomic E-state index is 11.5. The molecule has 1 heterocycles. The monoisotopic (exact) mass is 190 g/mol. The van der Waals surface area contributed by atoms with Gasteiger partial charge in [0.05, 0.1) is 13.2 Å². The summed E-state index contributed by atoms with van der Waals surface area (Å²) >= 11 is 0. The molecule has 0 radical (unpaired) electrons. The van der Waals surface area contributed by atoms with Gasteiger partial charge in [-0.3, -0.25) is 15.0 Å². The van der Waals surface area contributed by atoms with Gasteiger partial charge in [0.2, 0.25) is 5.91 Å². The van der Waals surface area contributed by atoms with Crippen LogP contribution in [-0.2, 0) is 4.79 Å². The van der Waals surface area contributed by atoms with Crippen LogP contribution in [0.25, 0.3) is 0 Å². The van der Waals surface area contributed by atoms with E-state index in [1.165, 1.54) is 11.1 Å². The van der Waals surface area contributed by atoms with Crippen molar-refractivity contribution in [3.05, 3.63) is 29.3 Å². The Morgan fingerprint density at radius 2 is 2.14 bits per heavy atom. The van der Waals surface area contributed by atoms with E-state index < -0.39 is 0 Å². The molecular formula is C11H14N2O. The van der Waals surface area contributed by atoms with Crippen LogP contribution in [-0.4, -0.2) is 19.1 Å². The molecule has 0 aromatic heterocycles. The molecule has 2 rings (SSSR count). The molecule has 0 spiro atoms. The molecule has 1 aliphatic heterocycles. The maximum absolute atomic E-state index is 11.5. The fourth-order valence-corrected chi connectivity index (χ4v) is 1.71. The third-order valence-electron chi connectivity index (χ3n) is 2.71. The zero-order valence-corrected chi connectivity index (χ0v) is 8.50. The molecule has 0 unspecified atom stereocenters. The Kier molecular flexibility index (Phi) is 2.25. The number of hydrogen-bond donors (Lipinski definition) is 1. The number of hydrogen-bond acceptors (Lipinski definition) is 2. The quantitative estimate of drug-likeness (QED) is 0.721. The second-order valence-corrected chi connectivity index (χ2v) is 3.63. The average Bonchev–Trinajstić information content (AvgIpc) is 2.57.